The Morgan fingerprint density at radius 2 is 2.00 bits per heavy atom. The third kappa shape index (κ3) is 3.74. The van der Waals surface area contributed by atoms with Crippen molar-refractivity contribution in [3.05, 3.63) is 64.5 Å². The predicted octanol–water partition coefficient (Wildman–Crippen LogP) is 1.99. The Morgan fingerprint density at radius 3 is 2.66 bits per heavy atom. The van der Waals surface area contributed by atoms with Crippen LogP contribution in [0.4, 0.5) is 10.1 Å². The zero-order chi connectivity index (χ0) is 23.0. The highest BCUT2D eigenvalue weighted by atomic mass is 19.1. The van der Waals surface area contributed by atoms with E-state index < -0.39 is 29.0 Å². The van der Waals surface area contributed by atoms with Gasteiger partial charge in [0.25, 0.3) is 17.6 Å². The molecule has 1 aliphatic carbocycles. The number of hydrogen-bond acceptors (Lipinski definition) is 5. The van der Waals surface area contributed by atoms with Gasteiger partial charge in [-0.2, -0.15) is 0 Å². The molecule has 1 aromatic carbocycles. The molecule has 1 fully saturated rings. The van der Waals surface area contributed by atoms with Crippen molar-refractivity contribution >= 4 is 23.3 Å². The molecule has 2 aliphatic rings. The lowest BCUT2D eigenvalue weighted by Crippen LogP contribution is -2.44. The summed E-state index contributed by atoms with van der Waals surface area (Å²) in [4.78, 5) is 39.0. The number of anilines is 1. The fourth-order valence-corrected chi connectivity index (χ4v) is 4.36. The van der Waals surface area contributed by atoms with Crippen LogP contribution in [0.5, 0.6) is 0 Å². The van der Waals surface area contributed by atoms with Gasteiger partial charge in [0.2, 0.25) is 0 Å². The van der Waals surface area contributed by atoms with Crippen LogP contribution in [0.25, 0.3) is 0 Å². The third-order valence-electron chi connectivity index (χ3n) is 6.10. The number of amides is 2. The second kappa shape index (κ2) is 8.14. The Bertz CT molecular complexity index is 1150. The molecule has 1 aromatic heterocycles. The summed E-state index contributed by atoms with van der Waals surface area (Å²) in [5.41, 5.74) is 7.82. The van der Waals surface area contributed by atoms with Crippen LogP contribution in [0, 0.1) is 12.7 Å². The molecule has 2 amide bonds. The lowest BCUT2D eigenvalue weighted by molar-refractivity contribution is -0.117. The van der Waals surface area contributed by atoms with Gasteiger partial charge in [0.05, 0.1) is 16.8 Å². The number of benzene rings is 1. The highest BCUT2D eigenvalue weighted by molar-refractivity contribution is 6.44. The summed E-state index contributed by atoms with van der Waals surface area (Å²) in [6, 6.07) is 5.60. The number of nitrogens with zero attached hydrogens (tertiary/aromatic N) is 1. The van der Waals surface area contributed by atoms with Gasteiger partial charge in [0, 0.05) is 31.2 Å². The molecule has 32 heavy (non-hydrogen) atoms. The molecule has 0 bridgehead atoms. The van der Waals surface area contributed by atoms with Gasteiger partial charge in [-0.05, 0) is 56.4 Å². The summed E-state index contributed by atoms with van der Waals surface area (Å²) < 4.78 is 15.3. The second-order valence-electron chi connectivity index (χ2n) is 8.27. The number of carbonyl (C=O) groups is 3. The van der Waals surface area contributed by atoms with Gasteiger partial charge >= 0.3 is 0 Å². The number of aromatic nitrogens is 1. The Hall–Kier alpha value is -3.62. The van der Waals surface area contributed by atoms with Gasteiger partial charge in [-0.3, -0.25) is 14.4 Å². The van der Waals surface area contributed by atoms with Crippen molar-refractivity contribution in [2.24, 2.45) is 5.73 Å². The molecule has 0 saturated heterocycles. The van der Waals surface area contributed by atoms with E-state index in [4.69, 9.17) is 5.73 Å². The van der Waals surface area contributed by atoms with Crippen LogP contribution in [-0.4, -0.2) is 34.8 Å². The topological polar surface area (TPSA) is 118 Å². The smallest absolute Gasteiger partial charge is 0.293 e. The van der Waals surface area contributed by atoms with Crippen molar-refractivity contribution in [1.29, 1.82) is 0 Å². The quantitative estimate of drug-likeness (QED) is 0.389. The predicted molar refractivity (Wildman–Crippen MR) is 118 cm³/mol. The molecule has 1 saturated carbocycles. The molecule has 2 heterocycles. The standard InChI is InChI=1S/C23H26FN5O3/c1-13-18(20(30)22(32)28-23(8-9-23)17(25)12-26-2)16-7-4-10-29(16)19(13)21(31)27-15-6-3-5-14(24)11-15/h3,5-6,11-12,26H,4,7-10,25H2,1-2H3,(H,27,31)(H,28,32)/b17-12-. The Balaban J connectivity index is 1.61. The molecule has 8 nitrogen and oxygen atoms in total. The van der Waals surface area contributed by atoms with E-state index in [9.17, 15) is 18.8 Å². The summed E-state index contributed by atoms with van der Waals surface area (Å²) >= 11 is 0. The van der Waals surface area contributed by atoms with Crippen molar-refractivity contribution in [2.75, 3.05) is 12.4 Å². The number of hydrogen-bond donors (Lipinski definition) is 4. The van der Waals surface area contributed by atoms with Crippen LogP contribution in [0.2, 0.25) is 0 Å². The largest absolute Gasteiger partial charge is 0.399 e. The molecule has 2 aromatic rings. The summed E-state index contributed by atoms with van der Waals surface area (Å²) in [5, 5.41) is 8.30. The average molecular weight is 439 g/mol. The number of carbonyl (C=O) groups excluding carboxylic acids is 3. The minimum atomic E-state index is -0.740. The van der Waals surface area contributed by atoms with Gasteiger partial charge in [-0.15, -0.1) is 0 Å². The molecule has 5 N–H and O–H groups in total. The fourth-order valence-electron chi connectivity index (χ4n) is 4.36. The molecule has 0 spiro atoms. The maximum absolute atomic E-state index is 13.5. The van der Waals surface area contributed by atoms with E-state index in [0.29, 0.717) is 54.1 Å². The summed E-state index contributed by atoms with van der Waals surface area (Å²) in [5.74, 6) is -2.33. The van der Waals surface area contributed by atoms with Crippen LogP contribution in [0.3, 0.4) is 0 Å². The fraction of sp³-hybridized carbons (Fsp3) is 0.348. The number of fused-ring (bicyclic) bond motifs is 1. The summed E-state index contributed by atoms with van der Waals surface area (Å²) in [6.07, 6.45) is 4.28. The second-order valence-corrected chi connectivity index (χ2v) is 8.27. The van der Waals surface area contributed by atoms with E-state index in [0.717, 1.165) is 6.42 Å². The molecule has 168 valence electrons. The minimum Gasteiger partial charge on any atom is -0.399 e. The van der Waals surface area contributed by atoms with Crippen LogP contribution in [0.1, 0.15) is 51.4 Å². The molecule has 0 atom stereocenters. The summed E-state index contributed by atoms with van der Waals surface area (Å²) in [6.45, 7) is 2.23. The Kier molecular flexibility index (Phi) is 5.50. The van der Waals surface area contributed by atoms with Crippen molar-refractivity contribution in [1.82, 2.24) is 15.2 Å². The number of rotatable bonds is 7. The SMILES string of the molecule is CN/C=C(\N)C1(NC(=O)C(=O)c2c(C)c(C(=O)Nc3cccc(F)c3)n3c2CCC3)CC1. The highest BCUT2D eigenvalue weighted by Gasteiger charge is 2.48. The number of halogens is 1. The van der Waals surface area contributed by atoms with Crippen LogP contribution in [0.15, 0.2) is 36.2 Å². The first-order valence-corrected chi connectivity index (χ1v) is 10.6. The molecular weight excluding hydrogens is 413 g/mol. The zero-order valence-electron chi connectivity index (χ0n) is 18.0. The molecule has 1 aliphatic heterocycles. The lowest BCUT2D eigenvalue weighted by atomic mass is 10.0. The average Bonchev–Trinajstić information content (AvgIpc) is 3.28. The van der Waals surface area contributed by atoms with Gasteiger partial charge in [0.1, 0.15) is 11.5 Å². The normalized spacial score (nSPS) is 16.3. The third-order valence-corrected chi connectivity index (χ3v) is 6.10. The van der Waals surface area contributed by atoms with Gasteiger partial charge in [-0.1, -0.05) is 6.07 Å². The molecule has 0 radical (unpaired) electrons. The van der Waals surface area contributed by atoms with Crippen LogP contribution in [-0.2, 0) is 17.8 Å². The van der Waals surface area contributed by atoms with Gasteiger partial charge in [0.15, 0.2) is 0 Å². The van der Waals surface area contributed by atoms with Crippen molar-refractivity contribution in [3.8, 4) is 0 Å². The van der Waals surface area contributed by atoms with Crippen LogP contribution < -0.4 is 21.7 Å². The van der Waals surface area contributed by atoms with E-state index in [1.165, 1.54) is 18.2 Å². The molecular formula is C23H26FN5O3. The maximum atomic E-state index is 13.5. The van der Waals surface area contributed by atoms with Crippen molar-refractivity contribution < 1.29 is 18.8 Å². The van der Waals surface area contributed by atoms with E-state index in [1.807, 2.05) is 0 Å². The van der Waals surface area contributed by atoms with Crippen molar-refractivity contribution in [3.63, 3.8) is 0 Å². The zero-order valence-corrected chi connectivity index (χ0v) is 18.0. The van der Waals surface area contributed by atoms with E-state index in [-0.39, 0.29) is 5.56 Å². The number of nitrogens with one attached hydrogen (secondary N) is 3. The first-order valence-electron chi connectivity index (χ1n) is 10.6. The Morgan fingerprint density at radius 1 is 1.25 bits per heavy atom. The monoisotopic (exact) mass is 439 g/mol. The first-order chi connectivity index (χ1) is 15.3. The van der Waals surface area contributed by atoms with Crippen LogP contribution >= 0.6 is 0 Å². The molecule has 0 unspecified atom stereocenters. The molecule has 9 heteroatoms. The molecule has 4 rings (SSSR count). The van der Waals surface area contributed by atoms with Gasteiger partial charge in [-0.25, -0.2) is 4.39 Å². The van der Waals surface area contributed by atoms with E-state index in [2.05, 4.69) is 16.0 Å². The van der Waals surface area contributed by atoms with Crippen molar-refractivity contribution in [2.45, 2.75) is 44.7 Å². The minimum absolute atomic E-state index is 0.261. The van der Waals surface area contributed by atoms with E-state index in [1.54, 1.807) is 30.8 Å². The number of ketones is 1. The summed E-state index contributed by atoms with van der Waals surface area (Å²) in [7, 11) is 1.71. The highest BCUT2D eigenvalue weighted by Crippen LogP contribution is 2.40. The number of nitrogens with two attached hydrogens (primary N) is 1. The van der Waals surface area contributed by atoms with Gasteiger partial charge < -0.3 is 26.3 Å². The first kappa shape index (κ1) is 21.6. The lowest BCUT2D eigenvalue weighted by Gasteiger charge is -2.17. The maximum Gasteiger partial charge on any atom is 0.293 e. The van der Waals surface area contributed by atoms with E-state index >= 15 is 0 Å². The Labute approximate surface area is 185 Å². The number of Topliss-reactive ketones (excluding diaryl/α,β-unsaturated/α-hetero) is 1.